The zero-order valence-electron chi connectivity index (χ0n) is 11.8. The molecule has 1 amide bonds. The Labute approximate surface area is 131 Å². The number of oxazole rings is 1. The lowest BCUT2D eigenvalue weighted by atomic mass is 10.1. The van der Waals surface area contributed by atoms with E-state index < -0.39 is 0 Å². The fraction of sp³-hybridized carbons (Fsp3) is 0.286. The molecule has 1 aromatic heterocycles. The molecule has 2 heterocycles. The monoisotopic (exact) mass is 323 g/mol. The highest BCUT2D eigenvalue weighted by atomic mass is 35.5. The number of halogens is 1. The predicted molar refractivity (Wildman–Crippen MR) is 82.0 cm³/mol. The summed E-state index contributed by atoms with van der Waals surface area (Å²) in [5.41, 5.74) is 2.49. The fourth-order valence-corrected chi connectivity index (χ4v) is 3.37. The summed E-state index contributed by atoms with van der Waals surface area (Å²) in [6.45, 7) is 3.76. The molecular formula is C14H14ClN3O2S. The van der Waals surface area contributed by atoms with Crippen LogP contribution in [0.1, 0.15) is 23.1 Å². The second kappa shape index (κ2) is 5.36. The predicted octanol–water partition coefficient (Wildman–Crippen LogP) is 3.31. The van der Waals surface area contributed by atoms with E-state index in [9.17, 15) is 4.79 Å². The number of amides is 1. The zero-order valence-corrected chi connectivity index (χ0v) is 13.4. The fourth-order valence-electron chi connectivity index (χ4n) is 2.21. The number of hydrogen-bond acceptors (Lipinski definition) is 5. The molecule has 0 aliphatic carbocycles. The minimum absolute atomic E-state index is 0.0754. The second-order valence-corrected chi connectivity index (χ2v) is 6.20. The SMILES string of the molecule is CNC1C(=O)Nc2cc(Sc3nc(C)c(C)o3)c(Cl)cc21. The molecule has 0 fully saturated rings. The Hall–Kier alpha value is -1.50. The Morgan fingerprint density at radius 1 is 1.43 bits per heavy atom. The number of fused-ring (bicyclic) bond motifs is 1. The summed E-state index contributed by atoms with van der Waals surface area (Å²) in [5, 5.41) is 6.93. The van der Waals surface area contributed by atoms with E-state index in [4.69, 9.17) is 16.0 Å². The van der Waals surface area contributed by atoms with Crippen molar-refractivity contribution < 1.29 is 9.21 Å². The summed E-state index contributed by atoms with van der Waals surface area (Å²) in [6.07, 6.45) is 0. The van der Waals surface area contributed by atoms with Crippen LogP contribution in [0.15, 0.2) is 26.7 Å². The first-order valence-electron chi connectivity index (χ1n) is 6.43. The highest BCUT2D eigenvalue weighted by molar-refractivity contribution is 7.99. The van der Waals surface area contributed by atoms with Crippen molar-refractivity contribution in [1.82, 2.24) is 10.3 Å². The number of aromatic nitrogens is 1. The zero-order chi connectivity index (χ0) is 15.1. The molecule has 1 aliphatic rings. The van der Waals surface area contributed by atoms with Crippen LogP contribution in [0, 0.1) is 13.8 Å². The average Bonchev–Trinajstić information content (AvgIpc) is 2.89. The lowest BCUT2D eigenvalue weighted by Gasteiger charge is -2.08. The first kappa shape index (κ1) is 14.4. The van der Waals surface area contributed by atoms with Crippen LogP contribution in [0.4, 0.5) is 5.69 Å². The van der Waals surface area contributed by atoms with Gasteiger partial charge in [-0.1, -0.05) is 11.6 Å². The summed E-state index contributed by atoms with van der Waals surface area (Å²) < 4.78 is 5.55. The maximum Gasteiger partial charge on any atom is 0.261 e. The van der Waals surface area contributed by atoms with Crippen LogP contribution in [0.5, 0.6) is 0 Å². The van der Waals surface area contributed by atoms with E-state index in [1.807, 2.05) is 19.9 Å². The average molecular weight is 324 g/mol. The van der Waals surface area contributed by atoms with Crippen molar-refractivity contribution >= 4 is 35.0 Å². The maximum atomic E-state index is 11.8. The third kappa shape index (κ3) is 2.54. The first-order valence-corrected chi connectivity index (χ1v) is 7.62. The molecule has 5 nitrogen and oxygen atoms in total. The van der Waals surface area contributed by atoms with Crippen molar-refractivity contribution in [2.45, 2.75) is 30.0 Å². The largest absolute Gasteiger partial charge is 0.436 e. The van der Waals surface area contributed by atoms with Crippen molar-refractivity contribution in [2.24, 2.45) is 0 Å². The van der Waals surface area contributed by atoms with Gasteiger partial charge in [-0.05, 0) is 44.8 Å². The van der Waals surface area contributed by atoms with Crippen molar-refractivity contribution in [3.05, 3.63) is 34.2 Å². The van der Waals surface area contributed by atoms with Crippen LogP contribution in [-0.2, 0) is 4.79 Å². The topological polar surface area (TPSA) is 67.2 Å². The smallest absolute Gasteiger partial charge is 0.261 e. The van der Waals surface area contributed by atoms with Gasteiger partial charge in [0.05, 0.1) is 10.7 Å². The summed E-state index contributed by atoms with van der Waals surface area (Å²) >= 11 is 7.66. The van der Waals surface area contributed by atoms with E-state index >= 15 is 0 Å². The number of hydrogen-bond donors (Lipinski definition) is 2. The Balaban J connectivity index is 1.95. The van der Waals surface area contributed by atoms with Crippen molar-refractivity contribution in [1.29, 1.82) is 0 Å². The molecule has 1 atom stereocenters. The van der Waals surface area contributed by atoms with Gasteiger partial charge in [-0.25, -0.2) is 4.98 Å². The molecular weight excluding hydrogens is 310 g/mol. The highest BCUT2D eigenvalue weighted by Crippen LogP contribution is 2.41. The van der Waals surface area contributed by atoms with E-state index in [-0.39, 0.29) is 11.9 Å². The summed E-state index contributed by atoms with van der Waals surface area (Å²) in [6, 6.07) is 3.30. The molecule has 0 saturated heterocycles. The van der Waals surface area contributed by atoms with Crippen LogP contribution < -0.4 is 10.6 Å². The van der Waals surface area contributed by atoms with Gasteiger partial charge < -0.3 is 15.1 Å². The lowest BCUT2D eigenvalue weighted by molar-refractivity contribution is -0.117. The van der Waals surface area contributed by atoms with E-state index in [2.05, 4.69) is 15.6 Å². The van der Waals surface area contributed by atoms with E-state index in [1.54, 1.807) is 13.1 Å². The minimum atomic E-state index is -0.359. The molecule has 3 rings (SSSR count). The lowest BCUT2D eigenvalue weighted by Crippen LogP contribution is -2.23. The van der Waals surface area contributed by atoms with E-state index in [1.165, 1.54) is 11.8 Å². The van der Waals surface area contributed by atoms with Crippen molar-refractivity contribution in [3.8, 4) is 0 Å². The summed E-state index contributed by atoms with van der Waals surface area (Å²) in [7, 11) is 1.74. The molecule has 110 valence electrons. The number of rotatable bonds is 3. The molecule has 1 unspecified atom stereocenters. The van der Waals surface area contributed by atoms with Gasteiger partial charge in [0.2, 0.25) is 5.91 Å². The standard InChI is InChI=1S/C14H14ClN3O2S/c1-6-7(2)20-14(17-6)21-11-5-10-8(4-9(11)15)12(16-3)13(19)18-10/h4-5,12,16H,1-3H3,(H,18,19). The van der Waals surface area contributed by atoms with Gasteiger partial charge >= 0.3 is 0 Å². The maximum absolute atomic E-state index is 11.8. The molecule has 0 saturated carbocycles. The number of aryl methyl sites for hydroxylation is 2. The van der Waals surface area contributed by atoms with Crippen LogP contribution in [-0.4, -0.2) is 17.9 Å². The van der Waals surface area contributed by atoms with E-state index in [0.717, 1.165) is 27.6 Å². The molecule has 21 heavy (non-hydrogen) atoms. The van der Waals surface area contributed by atoms with Gasteiger partial charge in [0.25, 0.3) is 5.22 Å². The van der Waals surface area contributed by atoms with E-state index in [0.29, 0.717) is 10.2 Å². The van der Waals surface area contributed by atoms with Crippen LogP contribution in [0.2, 0.25) is 5.02 Å². The summed E-state index contributed by atoms with van der Waals surface area (Å²) in [4.78, 5) is 17.0. The molecule has 2 N–H and O–H groups in total. The van der Waals surface area contributed by atoms with Gasteiger partial charge in [-0.2, -0.15) is 0 Å². The molecule has 0 radical (unpaired) electrons. The molecule has 1 aliphatic heterocycles. The second-order valence-electron chi connectivity index (χ2n) is 4.80. The normalized spacial score (nSPS) is 17.0. The van der Waals surface area contributed by atoms with Crippen LogP contribution >= 0.6 is 23.4 Å². The number of anilines is 1. The Morgan fingerprint density at radius 2 is 2.19 bits per heavy atom. The number of benzene rings is 1. The van der Waals surface area contributed by atoms with Crippen molar-refractivity contribution in [3.63, 3.8) is 0 Å². The van der Waals surface area contributed by atoms with Gasteiger partial charge in [0.1, 0.15) is 11.8 Å². The molecule has 1 aromatic carbocycles. The number of nitrogens with zero attached hydrogens (tertiary/aromatic N) is 1. The Morgan fingerprint density at radius 3 is 2.81 bits per heavy atom. The van der Waals surface area contributed by atoms with Crippen LogP contribution in [0.25, 0.3) is 0 Å². The molecule has 7 heteroatoms. The number of carbonyl (C=O) groups excluding carboxylic acids is 1. The van der Waals surface area contributed by atoms with Crippen molar-refractivity contribution in [2.75, 3.05) is 12.4 Å². The molecule has 2 aromatic rings. The number of nitrogens with one attached hydrogen (secondary N) is 2. The Kier molecular flexibility index (Phi) is 3.69. The van der Waals surface area contributed by atoms with Gasteiger partial charge in [-0.15, -0.1) is 0 Å². The molecule has 0 spiro atoms. The van der Waals surface area contributed by atoms with Gasteiger partial charge in [-0.3, -0.25) is 4.79 Å². The number of likely N-dealkylation sites (N-methyl/N-ethyl adjacent to an activating group) is 1. The van der Waals surface area contributed by atoms with Gasteiger partial charge in [0.15, 0.2) is 0 Å². The Bertz CT molecular complexity index is 710. The van der Waals surface area contributed by atoms with Crippen LogP contribution in [0.3, 0.4) is 0 Å². The first-order chi connectivity index (χ1) is 9.99. The quantitative estimate of drug-likeness (QED) is 0.907. The molecule has 0 bridgehead atoms. The third-order valence-electron chi connectivity index (χ3n) is 3.43. The van der Waals surface area contributed by atoms with Gasteiger partial charge in [0, 0.05) is 16.1 Å². The minimum Gasteiger partial charge on any atom is -0.436 e. The highest BCUT2D eigenvalue weighted by Gasteiger charge is 2.30. The number of carbonyl (C=O) groups is 1. The third-order valence-corrected chi connectivity index (χ3v) is 4.76. The summed E-state index contributed by atoms with van der Waals surface area (Å²) in [5.74, 6) is 0.715.